The van der Waals surface area contributed by atoms with E-state index in [0.29, 0.717) is 32.5 Å². The van der Waals surface area contributed by atoms with Crippen LogP contribution >= 0.6 is 0 Å². The van der Waals surface area contributed by atoms with Crippen LogP contribution in [0.15, 0.2) is 30.3 Å². The number of para-hydroxylation sites is 1. The molecule has 1 aromatic carbocycles. The lowest BCUT2D eigenvalue weighted by Crippen LogP contribution is -2.43. The molecule has 128 valence electrons. The normalized spacial score (nSPS) is 17.0. The highest BCUT2D eigenvalue weighted by atomic mass is 32.2. The third kappa shape index (κ3) is 5.21. The molecule has 0 aromatic heterocycles. The van der Waals surface area contributed by atoms with Crippen LogP contribution in [0.1, 0.15) is 12.8 Å². The summed E-state index contributed by atoms with van der Waals surface area (Å²) in [6.45, 7) is 2.18. The van der Waals surface area contributed by atoms with Crippen molar-refractivity contribution in [1.29, 1.82) is 0 Å². The van der Waals surface area contributed by atoms with Crippen LogP contribution in [0.2, 0.25) is 0 Å². The van der Waals surface area contributed by atoms with E-state index in [2.05, 4.69) is 10.2 Å². The Morgan fingerprint density at radius 3 is 2.43 bits per heavy atom. The molecule has 1 amide bonds. The molecule has 1 aliphatic rings. The minimum Gasteiger partial charge on any atom is -0.373 e. The number of rotatable bonds is 6. The Balaban J connectivity index is 1.72. The van der Waals surface area contributed by atoms with Crippen LogP contribution in [0.4, 0.5) is 5.69 Å². The van der Waals surface area contributed by atoms with Gasteiger partial charge in [0.2, 0.25) is 15.9 Å². The molecule has 0 bridgehead atoms. The van der Waals surface area contributed by atoms with Gasteiger partial charge in [-0.05, 0) is 25.0 Å². The molecule has 7 heteroatoms. The SMILES string of the molecule is CN(CCNC(=O)C1CCN(S(C)(=O)=O)CC1)c1ccccc1. The number of likely N-dealkylation sites (N-methyl/N-ethyl adjacent to an activating group) is 1. The summed E-state index contributed by atoms with van der Waals surface area (Å²) < 4.78 is 24.4. The molecule has 6 nitrogen and oxygen atoms in total. The first-order valence-corrected chi connectivity index (χ1v) is 9.72. The number of nitrogens with zero attached hydrogens (tertiary/aromatic N) is 2. The molecular formula is C16H25N3O3S. The zero-order valence-corrected chi connectivity index (χ0v) is 14.6. The van der Waals surface area contributed by atoms with Crippen LogP contribution in [0.25, 0.3) is 0 Å². The topological polar surface area (TPSA) is 69.7 Å². The summed E-state index contributed by atoms with van der Waals surface area (Å²) in [6.07, 6.45) is 2.40. The van der Waals surface area contributed by atoms with Gasteiger partial charge in [0.05, 0.1) is 6.26 Å². The Bertz CT molecular complexity index is 611. The van der Waals surface area contributed by atoms with E-state index in [1.165, 1.54) is 10.6 Å². The van der Waals surface area contributed by atoms with Gasteiger partial charge >= 0.3 is 0 Å². The van der Waals surface area contributed by atoms with Gasteiger partial charge in [0.1, 0.15) is 0 Å². The van der Waals surface area contributed by atoms with Crippen LogP contribution in [0.3, 0.4) is 0 Å². The Morgan fingerprint density at radius 1 is 1.26 bits per heavy atom. The molecule has 0 spiro atoms. The fraction of sp³-hybridized carbons (Fsp3) is 0.562. The molecule has 1 N–H and O–H groups in total. The van der Waals surface area contributed by atoms with Crippen molar-refractivity contribution in [1.82, 2.24) is 9.62 Å². The van der Waals surface area contributed by atoms with Crippen molar-refractivity contribution < 1.29 is 13.2 Å². The molecule has 1 heterocycles. The summed E-state index contributed by atoms with van der Waals surface area (Å²) in [7, 11) is -1.15. The van der Waals surface area contributed by atoms with Crippen LogP contribution in [-0.2, 0) is 14.8 Å². The lowest BCUT2D eigenvalue weighted by atomic mass is 9.97. The van der Waals surface area contributed by atoms with Crippen molar-refractivity contribution in [3.63, 3.8) is 0 Å². The Labute approximate surface area is 138 Å². The lowest BCUT2D eigenvalue weighted by molar-refractivity contribution is -0.126. The molecular weight excluding hydrogens is 314 g/mol. The van der Waals surface area contributed by atoms with Gasteiger partial charge in [-0.3, -0.25) is 4.79 Å². The maximum Gasteiger partial charge on any atom is 0.223 e. The van der Waals surface area contributed by atoms with Gasteiger partial charge in [-0.1, -0.05) is 18.2 Å². The average Bonchev–Trinajstić information content (AvgIpc) is 2.54. The number of carbonyl (C=O) groups excluding carboxylic acids is 1. The van der Waals surface area contributed by atoms with Crippen LogP contribution in [0, 0.1) is 5.92 Å². The van der Waals surface area contributed by atoms with E-state index < -0.39 is 10.0 Å². The molecule has 0 atom stereocenters. The van der Waals surface area contributed by atoms with E-state index in [4.69, 9.17) is 0 Å². The van der Waals surface area contributed by atoms with E-state index in [9.17, 15) is 13.2 Å². The van der Waals surface area contributed by atoms with Crippen LogP contribution in [0.5, 0.6) is 0 Å². The number of hydrogen-bond acceptors (Lipinski definition) is 4. The monoisotopic (exact) mass is 339 g/mol. The molecule has 0 saturated carbocycles. The predicted molar refractivity (Wildman–Crippen MR) is 91.9 cm³/mol. The number of amides is 1. The second-order valence-corrected chi connectivity index (χ2v) is 7.97. The molecule has 1 fully saturated rings. The Hall–Kier alpha value is -1.60. The number of sulfonamides is 1. The quantitative estimate of drug-likeness (QED) is 0.836. The van der Waals surface area contributed by atoms with Crippen LogP contribution in [-0.4, -0.2) is 58.1 Å². The molecule has 1 aliphatic heterocycles. The third-order valence-electron chi connectivity index (χ3n) is 4.24. The lowest BCUT2D eigenvalue weighted by Gasteiger charge is -2.29. The zero-order chi connectivity index (χ0) is 16.9. The highest BCUT2D eigenvalue weighted by Gasteiger charge is 2.28. The van der Waals surface area contributed by atoms with E-state index in [-0.39, 0.29) is 11.8 Å². The van der Waals surface area contributed by atoms with Gasteiger partial charge in [0.15, 0.2) is 0 Å². The summed E-state index contributed by atoms with van der Waals surface area (Å²) in [5.74, 6) is -0.0605. The molecule has 0 aliphatic carbocycles. The number of hydrogen-bond donors (Lipinski definition) is 1. The second kappa shape index (κ2) is 7.79. The minimum atomic E-state index is -3.14. The summed E-state index contributed by atoms with van der Waals surface area (Å²) >= 11 is 0. The first-order valence-electron chi connectivity index (χ1n) is 7.87. The van der Waals surface area contributed by atoms with Gasteiger partial charge in [0.25, 0.3) is 0 Å². The van der Waals surface area contributed by atoms with Crippen molar-refractivity contribution in [3.05, 3.63) is 30.3 Å². The predicted octanol–water partition coefficient (Wildman–Crippen LogP) is 0.911. The highest BCUT2D eigenvalue weighted by molar-refractivity contribution is 7.88. The fourth-order valence-electron chi connectivity index (χ4n) is 2.75. The Morgan fingerprint density at radius 2 is 1.87 bits per heavy atom. The molecule has 2 rings (SSSR count). The summed E-state index contributed by atoms with van der Waals surface area (Å²) in [5, 5.41) is 2.96. The molecule has 1 aromatic rings. The molecule has 1 saturated heterocycles. The summed E-state index contributed by atoms with van der Waals surface area (Å²) in [5.41, 5.74) is 1.11. The summed E-state index contributed by atoms with van der Waals surface area (Å²) in [6, 6.07) is 10.0. The van der Waals surface area contributed by atoms with Gasteiger partial charge in [-0.25, -0.2) is 12.7 Å². The van der Waals surface area contributed by atoms with Gasteiger partial charge in [0, 0.05) is 44.8 Å². The van der Waals surface area contributed by atoms with E-state index >= 15 is 0 Å². The number of benzene rings is 1. The van der Waals surface area contributed by atoms with Crippen molar-refractivity contribution in [2.75, 3.05) is 44.4 Å². The molecule has 0 unspecified atom stereocenters. The van der Waals surface area contributed by atoms with Crippen molar-refractivity contribution >= 4 is 21.6 Å². The third-order valence-corrected chi connectivity index (χ3v) is 5.54. The first-order chi connectivity index (χ1) is 10.9. The van der Waals surface area contributed by atoms with Crippen molar-refractivity contribution in [2.45, 2.75) is 12.8 Å². The maximum atomic E-state index is 12.2. The largest absolute Gasteiger partial charge is 0.373 e. The van der Waals surface area contributed by atoms with Gasteiger partial charge in [-0.15, -0.1) is 0 Å². The van der Waals surface area contributed by atoms with Crippen LogP contribution < -0.4 is 10.2 Å². The van der Waals surface area contributed by atoms with Crippen molar-refractivity contribution in [3.8, 4) is 0 Å². The van der Waals surface area contributed by atoms with Crippen molar-refractivity contribution in [2.24, 2.45) is 5.92 Å². The molecule has 0 radical (unpaired) electrons. The maximum absolute atomic E-state index is 12.2. The average molecular weight is 339 g/mol. The van der Waals surface area contributed by atoms with Gasteiger partial charge < -0.3 is 10.2 Å². The second-order valence-electron chi connectivity index (χ2n) is 5.98. The van der Waals surface area contributed by atoms with E-state index in [1.54, 1.807) is 0 Å². The smallest absolute Gasteiger partial charge is 0.223 e. The number of anilines is 1. The van der Waals surface area contributed by atoms with Gasteiger partial charge in [-0.2, -0.15) is 0 Å². The number of piperidine rings is 1. The summed E-state index contributed by atoms with van der Waals surface area (Å²) in [4.78, 5) is 14.3. The fourth-order valence-corrected chi connectivity index (χ4v) is 3.63. The standard InChI is InChI=1S/C16H25N3O3S/c1-18(15-6-4-3-5-7-15)13-10-17-16(20)14-8-11-19(12-9-14)23(2,21)22/h3-7,14H,8-13H2,1-2H3,(H,17,20). The minimum absolute atomic E-state index is 0.0274. The zero-order valence-electron chi connectivity index (χ0n) is 13.7. The number of nitrogens with one attached hydrogen (secondary N) is 1. The number of carbonyl (C=O) groups is 1. The molecule has 23 heavy (non-hydrogen) atoms. The first kappa shape index (κ1) is 17.7. The van der Waals surface area contributed by atoms with E-state index in [0.717, 1.165) is 12.2 Å². The van der Waals surface area contributed by atoms with E-state index in [1.807, 2.05) is 37.4 Å². The Kier molecular flexibility index (Phi) is 6.01. The highest BCUT2D eigenvalue weighted by Crippen LogP contribution is 2.19.